The molecule has 8 nitrogen and oxygen atoms in total. The van der Waals surface area contributed by atoms with Crippen LogP contribution < -0.4 is 16.8 Å². The molecule has 2 aromatic rings. The second-order valence-corrected chi connectivity index (χ2v) is 5.20. The molecule has 2 rings (SSSR count). The smallest absolute Gasteiger partial charge is 0.233 e. The molecule has 0 radical (unpaired) electrons. The highest BCUT2D eigenvalue weighted by Gasteiger charge is 2.16. The van der Waals surface area contributed by atoms with Crippen molar-refractivity contribution in [3.63, 3.8) is 0 Å². The van der Waals surface area contributed by atoms with Crippen molar-refractivity contribution in [1.29, 1.82) is 0 Å². The van der Waals surface area contributed by atoms with Gasteiger partial charge in [0, 0.05) is 0 Å². The monoisotopic (exact) mass is 294 g/mol. The van der Waals surface area contributed by atoms with E-state index >= 15 is 0 Å². The third-order valence-corrected chi connectivity index (χ3v) is 3.28. The lowest BCUT2D eigenvalue weighted by molar-refractivity contribution is -0.120. The molecule has 1 unspecified atom stereocenters. The predicted octanol–water partition coefficient (Wildman–Crippen LogP) is 0.426. The Morgan fingerprint density at radius 1 is 1.40 bits per heavy atom. The molecule has 0 aliphatic rings. The van der Waals surface area contributed by atoms with E-state index in [1.807, 2.05) is 0 Å². The summed E-state index contributed by atoms with van der Waals surface area (Å²) in [4.78, 5) is 23.4. The zero-order valence-electron chi connectivity index (χ0n) is 10.7. The van der Waals surface area contributed by atoms with Crippen LogP contribution in [0, 0.1) is 0 Å². The number of hydrogen-bond donors (Lipinski definition) is 3. The van der Waals surface area contributed by atoms with Crippen LogP contribution in [-0.2, 0) is 11.3 Å². The van der Waals surface area contributed by atoms with Crippen LogP contribution in [0.1, 0.15) is 12.7 Å². The number of amides is 1. The van der Waals surface area contributed by atoms with Gasteiger partial charge in [0.25, 0.3) is 0 Å². The third kappa shape index (κ3) is 3.85. The molecule has 2 aromatic heterocycles. The number of thioether (sulfide) groups is 1. The molecule has 0 bridgehead atoms. The fourth-order valence-corrected chi connectivity index (χ4v) is 2.18. The molecule has 0 aliphatic heterocycles. The van der Waals surface area contributed by atoms with Crippen molar-refractivity contribution in [2.24, 2.45) is 0 Å². The third-order valence-electron chi connectivity index (χ3n) is 2.32. The number of nitrogen functional groups attached to an aromatic ring is 2. The molecule has 5 N–H and O–H groups in total. The molecular formula is C11H14N6O2S. The summed E-state index contributed by atoms with van der Waals surface area (Å²) in [6.45, 7) is 2.07. The highest BCUT2D eigenvalue weighted by atomic mass is 32.2. The first kappa shape index (κ1) is 14.1. The van der Waals surface area contributed by atoms with Gasteiger partial charge in [0.15, 0.2) is 5.16 Å². The van der Waals surface area contributed by atoms with E-state index in [0.717, 1.165) is 11.8 Å². The van der Waals surface area contributed by atoms with Crippen molar-refractivity contribution >= 4 is 29.6 Å². The SMILES string of the molecule is CC(Sc1nc(N)nc(N)n1)C(=O)NCc1ccco1. The van der Waals surface area contributed by atoms with Crippen LogP contribution in [0.5, 0.6) is 0 Å². The Labute approximate surface area is 119 Å². The number of anilines is 2. The average molecular weight is 294 g/mol. The number of nitrogens with zero attached hydrogens (tertiary/aromatic N) is 3. The van der Waals surface area contributed by atoms with Crippen molar-refractivity contribution in [3.05, 3.63) is 24.2 Å². The first-order valence-electron chi connectivity index (χ1n) is 5.78. The van der Waals surface area contributed by atoms with E-state index in [1.165, 1.54) is 0 Å². The van der Waals surface area contributed by atoms with Gasteiger partial charge in [-0.25, -0.2) is 0 Å². The van der Waals surface area contributed by atoms with Crippen molar-refractivity contribution in [3.8, 4) is 0 Å². The molecule has 0 aliphatic carbocycles. The standard InChI is InChI=1S/C11H14N6O2S/c1-6(8(18)14-5-7-3-2-4-19-7)20-11-16-9(12)15-10(13)17-11/h2-4,6H,5H2,1H3,(H,14,18)(H4,12,13,15,16,17). The van der Waals surface area contributed by atoms with Crippen molar-refractivity contribution in [1.82, 2.24) is 20.3 Å². The lowest BCUT2D eigenvalue weighted by Crippen LogP contribution is -2.30. The van der Waals surface area contributed by atoms with Gasteiger partial charge in [0.05, 0.1) is 18.1 Å². The van der Waals surface area contributed by atoms with Gasteiger partial charge >= 0.3 is 0 Å². The van der Waals surface area contributed by atoms with Gasteiger partial charge < -0.3 is 21.2 Å². The number of aromatic nitrogens is 3. The second kappa shape index (κ2) is 6.24. The van der Waals surface area contributed by atoms with E-state index in [4.69, 9.17) is 15.9 Å². The van der Waals surface area contributed by atoms with Gasteiger partial charge in [-0.15, -0.1) is 0 Å². The molecule has 0 aromatic carbocycles. The van der Waals surface area contributed by atoms with Gasteiger partial charge in [0.2, 0.25) is 17.8 Å². The molecule has 9 heteroatoms. The minimum atomic E-state index is -0.397. The van der Waals surface area contributed by atoms with Gasteiger partial charge in [-0.2, -0.15) is 15.0 Å². The van der Waals surface area contributed by atoms with Gasteiger partial charge in [-0.05, 0) is 19.1 Å². The van der Waals surface area contributed by atoms with E-state index in [0.29, 0.717) is 17.5 Å². The maximum absolute atomic E-state index is 11.9. The molecule has 106 valence electrons. The number of carbonyl (C=O) groups is 1. The molecule has 0 saturated carbocycles. The molecule has 20 heavy (non-hydrogen) atoms. The van der Waals surface area contributed by atoms with E-state index in [-0.39, 0.29) is 17.8 Å². The summed E-state index contributed by atoms with van der Waals surface area (Å²) in [6.07, 6.45) is 1.55. The summed E-state index contributed by atoms with van der Waals surface area (Å²) in [6, 6.07) is 3.54. The predicted molar refractivity (Wildman–Crippen MR) is 74.5 cm³/mol. The molecule has 1 amide bonds. The van der Waals surface area contributed by atoms with E-state index in [2.05, 4.69) is 20.3 Å². The summed E-state index contributed by atoms with van der Waals surface area (Å²) < 4.78 is 5.13. The molecule has 0 fully saturated rings. The van der Waals surface area contributed by atoms with Crippen molar-refractivity contribution < 1.29 is 9.21 Å². The molecule has 1 atom stereocenters. The highest BCUT2D eigenvalue weighted by molar-refractivity contribution is 8.00. The quantitative estimate of drug-likeness (QED) is 0.676. The second-order valence-electron chi connectivity index (χ2n) is 3.89. The lowest BCUT2D eigenvalue weighted by atomic mass is 10.4. The van der Waals surface area contributed by atoms with Crippen LogP contribution in [0.25, 0.3) is 0 Å². The minimum absolute atomic E-state index is 0.0307. The number of hydrogen-bond acceptors (Lipinski definition) is 8. The lowest BCUT2D eigenvalue weighted by Gasteiger charge is -2.10. The van der Waals surface area contributed by atoms with Gasteiger partial charge in [0.1, 0.15) is 5.76 Å². The van der Waals surface area contributed by atoms with Crippen LogP contribution in [-0.4, -0.2) is 26.1 Å². The number of nitrogens with two attached hydrogens (primary N) is 2. The van der Waals surface area contributed by atoms with Crippen molar-refractivity contribution in [2.75, 3.05) is 11.5 Å². The summed E-state index contributed by atoms with van der Waals surface area (Å²) in [5, 5.41) is 2.67. The van der Waals surface area contributed by atoms with Crippen molar-refractivity contribution in [2.45, 2.75) is 23.9 Å². The fraction of sp³-hybridized carbons (Fsp3) is 0.273. The molecule has 2 heterocycles. The first-order valence-corrected chi connectivity index (χ1v) is 6.66. The Kier molecular flexibility index (Phi) is 4.41. The van der Waals surface area contributed by atoms with Crippen LogP contribution in [0.15, 0.2) is 28.0 Å². The zero-order valence-corrected chi connectivity index (χ0v) is 11.6. The molecular weight excluding hydrogens is 280 g/mol. The van der Waals surface area contributed by atoms with E-state index in [9.17, 15) is 4.79 Å². The number of furan rings is 1. The Hall–Kier alpha value is -2.29. The maximum Gasteiger partial charge on any atom is 0.233 e. The average Bonchev–Trinajstić information content (AvgIpc) is 2.87. The Balaban J connectivity index is 1.90. The number of nitrogens with one attached hydrogen (secondary N) is 1. The topological polar surface area (TPSA) is 133 Å². The highest BCUT2D eigenvalue weighted by Crippen LogP contribution is 2.20. The summed E-state index contributed by atoms with van der Waals surface area (Å²) in [5.74, 6) is 0.583. The van der Waals surface area contributed by atoms with Crippen LogP contribution >= 0.6 is 11.8 Å². The Morgan fingerprint density at radius 2 is 2.10 bits per heavy atom. The number of rotatable bonds is 5. The van der Waals surface area contributed by atoms with E-state index < -0.39 is 5.25 Å². The zero-order chi connectivity index (χ0) is 14.5. The van der Waals surface area contributed by atoms with E-state index in [1.54, 1.807) is 25.3 Å². The summed E-state index contributed by atoms with van der Waals surface area (Å²) >= 11 is 1.15. The maximum atomic E-state index is 11.9. The minimum Gasteiger partial charge on any atom is -0.467 e. The summed E-state index contributed by atoms with van der Waals surface area (Å²) in [7, 11) is 0. The molecule has 0 spiro atoms. The Morgan fingerprint density at radius 3 is 2.70 bits per heavy atom. The number of carbonyl (C=O) groups excluding carboxylic acids is 1. The van der Waals surface area contributed by atoms with Crippen LogP contribution in [0.4, 0.5) is 11.9 Å². The van der Waals surface area contributed by atoms with Crippen LogP contribution in [0.3, 0.4) is 0 Å². The van der Waals surface area contributed by atoms with Crippen LogP contribution in [0.2, 0.25) is 0 Å². The van der Waals surface area contributed by atoms with Gasteiger partial charge in [-0.1, -0.05) is 11.8 Å². The first-order chi connectivity index (χ1) is 9.54. The Bertz CT molecular complexity index is 568. The summed E-state index contributed by atoms with van der Waals surface area (Å²) in [5.41, 5.74) is 10.9. The van der Waals surface area contributed by atoms with Gasteiger partial charge in [-0.3, -0.25) is 4.79 Å². The molecule has 0 saturated heterocycles. The fourth-order valence-electron chi connectivity index (χ4n) is 1.38. The normalized spacial score (nSPS) is 12.1. The largest absolute Gasteiger partial charge is 0.467 e.